The average molecular weight is 420 g/mol. The summed E-state index contributed by atoms with van der Waals surface area (Å²) in [5, 5.41) is 6.73. The fourth-order valence-corrected chi connectivity index (χ4v) is 3.36. The first-order valence-corrected chi connectivity index (χ1v) is 10.9. The summed E-state index contributed by atoms with van der Waals surface area (Å²) in [5.41, 5.74) is 5.64. The minimum atomic E-state index is 0.538. The van der Waals surface area contributed by atoms with E-state index in [1.54, 1.807) is 13.3 Å². The zero-order valence-electron chi connectivity index (χ0n) is 19.0. The second-order valence-electron chi connectivity index (χ2n) is 7.52. The number of hydrogen-bond acceptors (Lipinski definition) is 4. The highest BCUT2D eigenvalue weighted by molar-refractivity contribution is 5.79. The molecule has 6 nitrogen and oxygen atoms in total. The number of benzene rings is 2. The summed E-state index contributed by atoms with van der Waals surface area (Å²) in [6.07, 6.45) is 1.69. The van der Waals surface area contributed by atoms with Gasteiger partial charge in [-0.15, -0.1) is 0 Å². The molecule has 1 heterocycles. The Hall–Kier alpha value is -3.12. The minimum Gasteiger partial charge on any atom is -0.444 e. The van der Waals surface area contributed by atoms with Crippen molar-refractivity contribution in [3.63, 3.8) is 0 Å². The number of nitrogens with one attached hydrogen (secondary N) is 2. The van der Waals surface area contributed by atoms with Crippen molar-refractivity contribution in [1.82, 2.24) is 20.5 Å². The van der Waals surface area contributed by atoms with Gasteiger partial charge in [-0.25, -0.2) is 4.98 Å². The molecular formula is C25H33N5O. The number of guanidine groups is 1. The lowest BCUT2D eigenvalue weighted by Crippen LogP contribution is -2.36. The second-order valence-corrected chi connectivity index (χ2v) is 7.52. The molecule has 6 heteroatoms. The van der Waals surface area contributed by atoms with E-state index in [2.05, 4.69) is 82.7 Å². The first kappa shape index (κ1) is 22.6. The molecule has 0 bridgehead atoms. The number of oxazole rings is 1. The number of aryl methyl sites for hydroxylation is 1. The first-order valence-electron chi connectivity index (χ1n) is 10.9. The summed E-state index contributed by atoms with van der Waals surface area (Å²) in [6, 6.07) is 16.7. The van der Waals surface area contributed by atoms with Crippen molar-refractivity contribution in [1.29, 1.82) is 0 Å². The molecule has 0 fully saturated rings. The Morgan fingerprint density at radius 1 is 0.968 bits per heavy atom. The molecule has 0 aliphatic rings. The number of hydrogen-bond donors (Lipinski definition) is 2. The van der Waals surface area contributed by atoms with Crippen molar-refractivity contribution in [2.24, 2.45) is 4.99 Å². The number of aliphatic imine (C=N–C) groups is 1. The van der Waals surface area contributed by atoms with Gasteiger partial charge in [-0.05, 0) is 43.3 Å². The third-order valence-corrected chi connectivity index (χ3v) is 5.36. The minimum absolute atomic E-state index is 0.538. The van der Waals surface area contributed by atoms with Gasteiger partial charge in [-0.3, -0.25) is 9.89 Å². The monoisotopic (exact) mass is 419 g/mol. The predicted molar refractivity (Wildman–Crippen MR) is 127 cm³/mol. The Balaban J connectivity index is 1.56. The summed E-state index contributed by atoms with van der Waals surface area (Å²) in [5.74, 6) is 1.36. The van der Waals surface area contributed by atoms with Crippen LogP contribution in [0.2, 0.25) is 0 Å². The third-order valence-electron chi connectivity index (χ3n) is 5.36. The number of nitrogens with zero attached hydrogens (tertiary/aromatic N) is 3. The fourth-order valence-electron chi connectivity index (χ4n) is 3.36. The van der Waals surface area contributed by atoms with E-state index < -0.39 is 0 Å². The maximum atomic E-state index is 5.64. The van der Waals surface area contributed by atoms with Crippen molar-refractivity contribution in [2.45, 2.75) is 40.4 Å². The Labute approximate surface area is 185 Å². The Morgan fingerprint density at radius 2 is 1.65 bits per heavy atom. The molecule has 2 aromatic carbocycles. The van der Waals surface area contributed by atoms with Gasteiger partial charge >= 0.3 is 0 Å². The largest absolute Gasteiger partial charge is 0.444 e. The maximum Gasteiger partial charge on any atom is 0.226 e. The van der Waals surface area contributed by atoms with E-state index in [1.165, 1.54) is 16.7 Å². The highest BCUT2D eigenvalue weighted by Crippen LogP contribution is 2.19. The van der Waals surface area contributed by atoms with Gasteiger partial charge in [0, 0.05) is 25.7 Å². The van der Waals surface area contributed by atoms with Gasteiger partial charge < -0.3 is 15.1 Å². The standard InChI is InChI=1S/C25H33N5O/c1-5-30(6-2)17-22-10-8-7-9-21(22)15-27-25(26-4)28-16-23-18-31-24(29-23)20-13-11-19(3)12-14-20/h7-14,18H,5-6,15-17H2,1-4H3,(H2,26,27,28). The van der Waals surface area contributed by atoms with Crippen LogP contribution in [0.4, 0.5) is 0 Å². The first-order chi connectivity index (χ1) is 15.1. The molecular weight excluding hydrogens is 386 g/mol. The van der Waals surface area contributed by atoms with Gasteiger partial charge in [0.25, 0.3) is 0 Å². The lowest BCUT2D eigenvalue weighted by molar-refractivity contribution is 0.295. The van der Waals surface area contributed by atoms with E-state index >= 15 is 0 Å². The summed E-state index contributed by atoms with van der Waals surface area (Å²) >= 11 is 0. The van der Waals surface area contributed by atoms with Crippen LogP contribution in [0.15, 0.2) is 64.2 Å². The van der Waals surface area contributed by atoms with Crippen LogP contribution in [-0.4, -0.2) is 36.0 Å². The molecule has 0 amide bonds. The van der Waals surface area contributed by atoms with Crippen LogP contribution in [-0.2, 0) is 19.6 Å². The fraction of sp³-hybridized carbons (Fsp3) is 0.360. The molecule has 0 radical (unpaired) electrons. The topological polar surface area (TPSA) is 65.7 Å². The van der Waals surface area contributed by atoms with E-state index in [-0.39, 0.29) is 0 Å². The van der Waals surface area contributed by atoms with Crippen LogP contribution in [0.3, 0.4) is 0 Å². The van der Waals surface area contributed by atoms with E-state index in [9.17, 15) is 0 Å². The summed E-state index contributed by atoms with van der Waals surface area (Å²) in [4.78, 5) is 11.3. The summed E-state index contributed by atoms with van der Waals surface area (Å²) in [6.45, 7) is 10.8. The van der Waals surface area contributed by atoms with Crippen molar-refractivity contribution in [3.8, 4) is 11.5 Å². The predicted octanol–water partition coefficient (Wildman–Crippen LogP) is 4.36. The molecule has 0 atom stereocenters. The van der Waals surface area contributed by atoms with Crippen LogP contribution in [0, 0.1) is 6.92 Å². The highest BCUT2D eigenvalue weighted by Gasteiger charge is 2.09. The molecule has 1 aromatic heterocycles. The highest BCUT2D eigenvalue weighted by atomic mass is 16.3. The smallest absolute Gasteiger partial charge is 0.226 e. The van der Waals surface area contributed by atoms with Crippen LogP contribution >= 0.6 is 0 Å². The van der Waals surface area contributed by atoms with Crippen molar-refractivity contribution >= 4 is 5.96 Å². The quantitative estimate of drug-likeness (QED) is 0.399. The Bertz CT molecular complexity index is 974. The number of rotatable bonds is 9. The van der Waals surface area contributed by atoms with Gasteiger partial charge in [0.1, 0.15) is 6.26 Å². The molecule has 0 unspecified atom stereocenters. The molecule has 0 aliphatic carbocycles. The molecule has 31 heavy (non-hydrogen) atoms. The molecule has 0 saturated carbocycles. The molecule has 3 rings (SSSR count). The summed E-state index contributed by atoms with van der Waals surface area (Å²) in [7, 11) is 1.78. The van der Waals surface area contributed by atoms with Crippen molar-refractivity contribution in [3.05, 3.63) is 77.2 Å². The molecule has 3 aromatic rings. The normalized spacial score (nSPS) is 11.7. The van der Waals surface area contributed by atoms with Crippen LogP contribution in [0.5, 0.6) is 0 Å². The van der Waals surface area contributed by atoms with Gasteiger partial charge in [-0.2, -0.15) is 0 Å². The van der Waals surface area contributed by atoms with Gasteiger partial charge in [0.2, 0.25) is 5.89 Å². The molecule has 2 N–H and O–H groups in total. The van der Waals surface area contributed by atoms with E-state index in [4.69, 9.17) is 4.42 Å². The summed E-state index contributed by atoms with van der Waals surface area (Å²) < 4.78 is 5.64. The van der Waals surface area contributed by atoms with Crippen molar-refractivity contribution in [2.75, 3.05) is 20.1 Å². The van der Waals surface area contributed by atoms with Crippen LogP contribution < -0.4 is 10.6 Å². The van der Waals surface area contributed by atoms with Gasteiger partial charge in [0.05, 0.1) is 12.2 Å². The van der Waals surface area contributed by atoms with E-state index in [0.29, 0.717) is 19.0 Å². The van der Waals surface area contributed by atoms with Crippen LogP contribution in [0.1, 0.15) is 36.2 Å². The molecule has 0 spiro atoms. The van der Waals surface area contributed by atoms with Crippen molar-refractivity contribution < 1.29 is 4.42 Å². The van der Waals surface area contributed by atoms with Gasteiger partial charge in [-0.1, -0.05) is 55.8 Å². The third kappa shape index (κ3) is 6.43. The van der Waals surface area contributed by atoms with Crippen LogP contribution in [0.25, 0.3) is 11.5 Å². The zero-order valence-corrected chi connectivity index (χ0v) is 19.0. The average Bonchev–Trinajstić information content (AvgIpc) is 3.27. The van der Waals surface area contributed by atoms with E-state index in [0.717, 1.165) is 36.9 Å². The second kappa shape index (κ2) is 11.3. The Kier molecular flexibility index (Phi) is 8.24. The van der Waals surface area contributed by atoms with Gasteiger partial charge in [0.15, 0.2) is 5.96 Å². The lowest BCUT2D eigenvalue weighted by Gasteiger charge is -2.20. The maximum absolute atomic E-state index is 5.64. The van der Waals surface area contributed by atoms with E-state index in [1.807, 2.05) is 12.1 Å². The zero-order chi connectivity index (χ0) is 22.1. The number of aromatic nitrogens is 1. The molecule has 164 valence electrons. The Morgan fingerprint density at radius 3 is 2.32 bits per heavy atom. The SMILES string of the molecule is CCN(CC)Cc1ccccc1CNC(=NC)NCc1coc(-c2ccc(C)cc2)n1. The lowest BCUT2D eigenvalue weighted by atomic mass is 10.1. The molecule has 0 saturated heterocycles. The molecule has 0 aliphatic heterocycles.